The van der Waals surface area contributed by atoms with E-state index in [4.69, 9.17) is 25.8 Å². The molecule has 1 aliphatic carbocycles. The van der Waals surface area contributed by atoms with Crippen LogP contribution in [0.15, 0.2) is 89.3 Å². The largest absolute Gasteiger partial charge is 0.497 e. The number of dihydropyridines is 1. The van der Waals surface area contributed by atoms with E-state index in [-0.39, 0.29) is 17.6 Å². The lowest BCUT2D eigenvalue weighted by Crippen LogP contribution is -2.37. The van der Waals surface area contributed by atoms with Crippen LogP contribution in [-0.4, -0.2) is 33.0 Å². The number of Topliss-reactive ketones (excluding diaryl/α,β-unsaturated/α-hetero) is 1. The van der Waals surface area contributed by atoms with E-state index in [1.54, 1.807) is 51.7 Å². The number of methoxy groups -OCH3 is 3. The fourth-order valence-electron chi connectivity index (χ4n) is 5.58. The molecule has 0 radical (unpaired) electrons. The Labute approximate surface area is 238 Å². The molecule has 5 rings (SSSR count). The van der Waals surface area contributed by atoms with Crippen LogP contribution in [0.4, 0.5) is 5.69 Å². The first kappa shape index (κ1) is 27.3. The molecule has 0 spiro atoms. The molecular formula is C32H31ClN2O5. The van der Waals surface area contributed by atoms with Crippen molar-refractivity contribution in [1.29, 1.82) is 0 Å². The molecule has 8 heteroatoms. The highest BCUT2D eigenvalue weighted by molar-refractivity contribution is 6.31. The van der Waals surface area contributed by atoms with Crippen LogP contribution in [0.3, 0.4) is 0 Å². The number of halogens is 1. The lowest BCUT2D eigenvalue weighted by molar-refractivity contribution is -0.116. The van der Waals surface area contributed by atoms with Crippen molar-refractivity contribution >= 4 is 29.0 Å². The number of rotatable bonds is 7. The van der Waals surface area contributed by atoms with Crippen LogP contribution < -0.4 is 24.8 Å². The molecule has 1 heterocycles. The minimum Gasteiger partial charge on any atom is -0.497 e. The highest BCUT2D eigenvalue weighted by Gasteiger charge is 2.41. The number of nitrogens with one attached hydrogen (secondary N) is 2. The normalized spacial score (nSPS) is 18.6. The van der Waals surface area contributed by atoms with Gasteiger partial charge in [0.25, 0.3) is 5.91 Å². The molecule has 7 nitrogen and oxygen atoms in total. The van der Waals surface area contributed by atoms with E-state index >= 15 is 0 Å². The van der Waals surface area contributed by atoms with Crippen molar-refractivity contribution in [2.45, 2.75) is 31.6 Å². The van der Waals surface area contributed by atoms with E-state index in [9.17, 15) is 9.59 Å². The number of allylic oxidation sites excluding steroid dienone is 3. The summed E-state index contributed by atoms with van der Waals surface area (Å²) in [5, 5.41) is 6.90. The van der Waals surface area contributed by atoms with Gasteiger partial charge in [-0.2, -0.15) is 0 Å². The molecule has 0 unspecified atom stereocenters. The molecule has 206 valence electrons. The average Bonchev–Trinajstić information content (AvgIpc) is 2.96. The average molecular weight is 559 g/mol. The SMILES string of the molecule is COc1ccc(NC(=O)C2=C(C)NC3=C(C(=O)C[C@H](c4ccc(OC)c(OC)c4)C3)[C@@H]2c2ccccc2Cl)cc1. The van der Waals surface area contributed by atoms with E-state index in [1.807, 2.05) is 43.3 Å². The van der Waals surface area contributed by atoms with Crippen LogP contribution in [0.1, 0.15) is 42.7 Å². The Kier molecular flexibility index (Phi) is 7.85. The smallest absolute Gasteiger partial charge is 0.254 e. The molecule has 2 atom stereocenters. The predicted octanol–water partition coefficient (Wildman–Crippen LogP) is 6.37. The van der Waals surface area contributed by atoms with Gasteiger partial charge in [0.05, 0.1) is 21.3 Å². The Morgan fingerprint density at radius 2 is 1.65 bits per heavy atom. The Bertz CT molecular complexity index is 1530. The zero-order chi connectivity index (χ0) is 28.4. The lowest BCUT2D eigenvalue weighted by Gasteiger charge is -2.37. The fraction of sp³-hybridized carbons (Fsp3) is 0.250. The zero-order valence-electron chi connectivity index (χ0n) is 22.8. The van der Waals surface area contributed by atoms with Gasteiger partial charge in [0.1, 0.15) is 5.75 Å². The summed E-state index contributed by atoms with van der Waals surface area (Å²) in [5.41, 5.74) is 4.84. The third-order valence-electron chi connectivity index (χ3n) is 7.52. The van der Waals surface area contributed by atoms with E-state index in [2.05, 4.69) is 10.6 Å². The van der Waals surface area contributed by atoms with Gasteiger partial charge in [-0.05, 0) is 72.9 Å². The van der Waals surface area contributed by atoms with E-state index in [1.165, 1.54) is 0 Å². The first-order valence-corrected chi connectivity index (χ1v) is 13.4. The summed E-state index contributed by atoms with van der Waals surface area (Å²) < 4.78 is 16.1. The van der Waals surface area contributed by atoms with Gasteiger partial charge in [-0.15, -0.1) is 0 Å². The Morgan fingerprint density at radius 1 is 0.925 bits per heavy atom. The standard InChI is InChI=1S/C32H31ClN2O5/c1-18-29(32(37)35-21-10-12-22(38-2)13-11-21)30(23-7-5-6-8-24(23)33)31-25(34-18)15-20(16-26(31)36)19-9-14-27(39-3)28(17-19)40-4/h5-14,17,20,30,34H,15-16H2,1-4H3,(H,35,37)/t20-,30-/m1/s1. The summed E-state index contributed by atoms with van der Waals surface area (Å²) in [6, 6.07) is 20.2. The topological polar surface area (TPSA) is 85.9 Å². The van der Waals surface area contributed by atoms with Gasteiger partial charge in [-0.3, -0.25) is 9.59 Å². The molecule has 0 saturated carbocycles. The van der Waals surface area contributed by atoms with Crippen molar-refractivity contribution in [3.05, 3.63) is 105 Å². The summed E-state index contributed by atoms with van der Waals surface area (Å²) >= 11 is 6.69. The highest BCUT2D eigenvalue weighted by atomic mass is 35.5. The van der Waals surface area contributed by atoms with E-state index < -0.39 is 5.92 Å². The second kappa shape index (κ2) is 11.5. The Morgan fingerprint density at radius 3 is 2.33 bits per heavy atom. The third kappa shape index (κ3) is 5.17. The molecule has 3 aromatic rings. The van der Waals surface area contributed by atoms with Crippen LogP contribution in [0.2, 0.25) is 5.02 Å². The number of ether oxygens (including phenoxy) is 3. The van der Waals surface area contributed by atoms with Gasteiger partial charge >= 0.3 is 0 Å². The van der Waals surface area contributed by atoms with E-state index in [0.29, 0.717) is 57.6 Å². The van der Waals surface area contributed by atoms with Crippen LogP contribution in [-0.2, 0) is 9.59 Å². The van der Waals surface area contributed by atoms with Crippen molar-refractivity contribution in [3.8, 4) is 17.2 Å². The second-order valence-electron chi connectivity index (χ2n) is 9.84. The van der Waals surface area contributed by atoms with Gasteiger partial charge < -0.3 is 24.8 Å². The predicted molar refractivity (Wildman–Crippen MR) is 155 cm³/mol. The maximum absolute atomic E-state index is 13.9. The van der Waals surface area contributed by atoms with E-state index in [0.717, 1.165) is 16.8 Å². The number of hydrogen-bond acceptors (Lipinski definition) is 6. The summed E-state index contributed by atoms with van der Waals surface area (Å²) in [6.07, 6.45) is 0.894. The number of amides is 1. The lowest BCUT2D eigenvalue weighted by atomic mass is 9.71. The van der Waals surface area contributed by atoms with Crippen molar-refractivity contribution in [1.82, 2.24) is 5.32 Å². The highest BCUT2D eigenvalue weighted by Crippen LogP contribution is 2.47. The van der Waals surface area contributed by atoms with Gasteiger partial charge in [-0.1, -0.05) is 35.9 Å². The van der Waals surface area contributed by atoms with Gasteiger partial charge in [0.15, 0.2) is 17.3 Å². The minimum absolute atomic E-state index is 0.0271. The molecule has 0 bridgehead atoms. The maximum atomic E-state index is 13.9. The van der Waals surface area contributed by atoms with Crippen molar-refractivity contribution < 1.29 is 23.8 Å². The Balaban J connectivity index is 1.53. The molecule has 0 aromatic heterocycles. The van der Waals surface area contributed by atoms with Crippen molar-refractivity contribution in [2.75, 3.05) is 26.6 Å². The molecule has 0 fully saturated rings. The van der Waals surface area contributed by atoms with Crippen LogP contribution in [0, 0.1) is 0 Å². The summed E-state index contributed by atoms with van der Waals surface area (Å²) in [4.78, 5) is 27.7. The summed E-state index contributed by atoms with van der Waals surface area (Å²) in [7, 11) is 4.78. The van der Waals surface area contributed by atoms with Gasteiger partial charge in [0.2, 0.25) is 0 Å². The molecule has 40 heavy (non-hydrogen) atoms. The van der Waals surface area contributed by atoms with Crippen LogP contribution in [0.25, 0.3) is 0 Å². The number of ketones is 1. The van der Waals surface area contributed by atoms with Crippen molar-refractivity contribution in [3.63, 3.8) is 0 Å². The molecular weight excluding hydrogens is 528 g/mol. The number of benzene rings is 3. The monoisotopic (exact) mass is 558 g/mol. The first-order valence-electron chi connectivity index (χ1n) is 13.0. The summed E-state index contributed by atoms with van der Waals surface area (Å²) in [5.74, 6) is 0.936. The molecule has 0 saturated heterocycles. The Hall–Kier alpha value is -4.23. The number of carbonyl (C=O) groups is 2. The second-order valence-corrected chi connectivity index (χ2v) is 10.2. The van der Waals surface area contributed by atoms with Gasteiger partial charge in [0, 0.05) is 45.6 Å². The molecule has 2 N–H and O–H groups in total. The summed E-state index contributed by atoms with van der Waals surface area (Å²) in [6.45, 7) is 1.86. The number of carbonyl (C=O) groups excluding carboxylic acids is 2. The first-order chi connectivity index (χ1) is 19.3. The number of anilines is 1. The zero-order valence-corrected chi connectivity index (χ0v) is 23.6. The van der Waals surface area contributed by atoms with Gasteiger partial charge in [-0.25, -0.2) is 0 Å². The van der Waals surface area contributed by atoms with Crippen molar-refractivity contribution in [2.24, 2.45) is 0 Å². The molecule has 3 aromatic carbocycles. The number of hydrogen-bond donors (Lipinski definition) is 2. The van der Waals surface area contributed by atoms with Crippen LogP contribution in [0.5, 0.6) is 17.2 Å². The third-order valence-corrected chi connectivity index (χ3v) is 7.86. The fourth-order valence-corrected chi connectivity index (χ4v) is 5.82. The molecule has 1 aliphatic heterocycles. The molecule has 1 amide bonds. The quantitative estimate of drug-likeness (QED) is 0.351. The van der Waals surface area contributed by atoms with Crippen LogP contribution >= 0.6 is 11.6 Å². The minimum atomic E-state index is -0.609. The maximum Gasteiger partial charge on any atom is 0.254 e. The molecule has 2 aliphatic rings.